The number of hydrogen-bond donors (Lipinski definition) is 2. The molecule has 5 rings (SSSR count). The number of carbonyl (C=O) groups excluding carboxylic acids is 2. The molecule has 34 heavy (non-hydrogen) atoms. The van der Waals surface area contributed by atoms with Gasteiger partial charge in [-0.2, -0.15) is 5.10 Å². The first kappa shape index (κ1) is 21.5. The fraction of sp³-hybridized carbons (Fsp3) is 0.148. The summed E-state index contributed by atoms with van der Waals surface area (Å²) in [5.74, 6) is -0.545. The van der Waals surface area contributed by atoms with Crippen molar-refractivity contribution in [3.05, 3.63) is 101 Å². The first-order valence-corrected chi connectivity index (χ1v) is 11.0. The highest BCUT2D eigenvalue weighted by molar-refractivity contribution is 6.12. The lowest BCUT2D eigenvalue weighted by Crippen LogP contribution is -2.29. The number of nitrogens with one attached hydrogen (secondary N) is 1. The molecule has 0 saturated carbocycles. The molecule has 7 nitrogen and oxygen atoms in total. The number of esters is 1. The van der Waals surface area contributed by atoms with Gasteiger partial charge in [-0.3, -0.25) is 14.8 Å². The Hall–Kier alpha value is -4.39. The summed E-state index contributed by atoms with van der Waals surface area (Å²) in [5.41, 5.74) is 5.61. The fourth-order valence-electron chi connectivity index (χ4n) is 4.33. The van der Waals surface area contributed by atoms with Crippen LogP contribution < -0.4 is 4.90 Å². The van der Waals surface area contributed by atoms with Gasteiger partial charge in [0.15, 0.2) is 0 Å². The summed E-state index contributed by atoms with van der Waals surface area (Å²) < 4.78 is 5.07. The summed E-state index contributed by atoms with van der Waals surface area (Å²) in [4.78, 5) is 27.3. The van der Waals surface area contributed by atoms with E-state index in [0.29, 0.717) is 22.6 Å². The number of benzene rings is 3. The van der Waals surface area contributed by atoms with Gasteiger partial charge in [-0.05, 0) is 55.8 Å². The third-order valence-electron chi connectivity index (χ3n) is 5.94. The molecule has 0 unspecified atom stereocenters. The molecule has 0 fully saturated rings. The van der Waals surface area contributed by atoms with Crippen molar-refractivity contribution in [3.8, 4) is 17.0 Å². The number of phenolic OH excluding ortho intramolecular Hbond substituents is 1. The van der Waals surface area contributed by atoms with Crippen molar-refractivity contribution in [2.24, 2.45) is 0 Å². The summed E-state index contributed by atoms with van der Waals surface area (Å²) in [7, 11) is 0. The summed E-state index contributed by atoms with van der Waals surface area (Å²) in [6.07, 6.45) is 0. The van der Waals surface area contributed by atoms with Crippen LogP contribution in [0.1, 0.15) is 50.5 Å². The zero-order valence-electron chi connectivity index (χ0n) is 18.8. The van der Waals surface area contributed by atoms with Crippen molar-refractivity contribution in [2.45, 2.75) is 19.9 Å². The number of aromatic hydroxyl groups is 1. The van der Waals surface area contributed by atoms with Gasteiger partial charge in [0.2, 0.25) is 0 Å². The monoisotopic (exact) mass is 453 g/mol. The molecule has 0 radical (unpaired) electrons. The fourth-order valence-corrected chi connectivity index (χ4v) is 4.33. The largest absolute Gasteiger partial charge is 0.508 e. The average molecular weight is 453 g/mol. The molecule has 1 aliphatic heterocycles. The van der Waals surface area contributed by atoms with Gasteiger partial charge in [0.25, 0.3) is 5.91 Å². The number of fused-ring (bicyclic) bond motifs is 1. The summed E-state index contributed by atoms with van der Waals surface area (Å²) in [5, 5.41) is 17.6. The van der Waals surface area contributed by atoms with Crippen molar-refractivity contribution < 1.29 is 19.4 Å². The third-order valence-corrected chi connectivity index (χ3v) is 5.94. The maximum absolute atomic E-state index is 13.6. The Labute approximate surface area is 196 Å². The van der Waals surface area contributed by atoms with Gasteiger partial charge in [0.1, 0.15) is 11.4 Å². The number of rotatable bonds is 5. The molecule has 1 aliphatic rings. The number of nitrogens with zero attached hydrogens (tertiary/aromatic N) is 2. The van der Waals surface area contributed by atoms with Gasteiger partial charge in [0.05, 0.1) is 23.9 Å². The molecule has 0 aliphatic carbocycles. The minimum absolute atomic E-state index is 0.108. The molecule has 7 heteroatoms. The molecule has 2 N–H and O–H groups in total. The van der Waals surface area contributed by atoms with E-state index in [1.54, 1.807) is 54.3 Å². The standard InChI is InChI=1S/C27H23N3O4/c1-3-34-27(33)18-11-13-20(14-12-18)30-25(19-5-4-6-21(31)15-19)22-23(28-29-24(22)26(30)32)17-9-7-16(2)8-10-17/h4-15,25,31H,3H2,1-2H3,(H,28,29)/t25-/m1/s1. The van der Waals surface area contributed by atoms with E-state index in [-0.39, 0.29) is 18.3 Å². The van der Waals surface area contributed by atoms with E-state index in [4.69, 9.17) is 4.74 Å². The van der Waals surface area contributed by atoms with E-state index in [0.717, 1.165) is 22.3 Å². The second-order valence-electron chi connectivity index (χ2n) is 8.17. The number of ether oxygens (including phenoxy) is 1. The summed E-state index contributed by atoms with van der Waals surface area (Å²) >= 11 is 0. The average Bonchev–Trinajstić information content (AvgIpc) is 3.39. The molecule has 0 spiro atoms. The molecule has 0 saturated heterocycles. The second-order valence-corrected chi connectivity index (χ2v) is 8.17. The molecule has 1 atom stereocenters. The number of aryl methyl sites for hydroxylation is 1. The molecule has 4 aromatic rings. The molecular formula is C27H23N3O4. The summed E-state index contributed by atoms with van der Waals surface area (Å²) in [6.45, 7) is 4.05. The maximum Gasteiger partial charge on any atom is 0.338 e. The number of aromatic nitrogens is 2. The predicted molar refractivity (Wildman–Crippen MR) is 128 cm³/mol. The van der Waals surface area contributed by atoms with E-state index in [9.17, 15) is 14.7 Å². The Bertz CT molecular complexity index is 1370. The molecular weight excluding hydrogens is 430 g/mol. The van der Waals surface area contributed by atoms with Crippen LogP contribution in [-0.4, -0.2) is 33.8 Å². The third kappa shape index (κ3) is 3.61. The Kier molecular flexibility index (Phi) is 5.37. The van der Waals surface area contributed by atoms with E-state index in [1.165, 1.54) is 0 Å². The first-order valence-electron chi connectivity index (χ1n) is 11.0. The number of carbonyl (C=O) groups is 2. The first-order chi connectivity index (χ1) is 16.5. The predicted octanol–water partition coefficient (Wildman–Crippen LogP) is 5.02. The molecule has 170 valence electrons. The van der Waals surface area contributed by atoms with Gasteiger partial charge in [-0.1, -0.05) is 42.0 Å². The number of hydrogen-bond acceptors (Lipinski definition) is 5. The maximum atomic E-state index is 13.6. The Balaban J connectivity index is 1.64. The van der Waals surface area contributed by atoms with Crippen molar-refractivity contribution in [1.82, 2.24) is 10.2 Å². The van der Waals surface area contributed by atoms with Crippen LogP contribution in [0.3, 0.4) is 0 Å². The van der Waals surface area contributed by atoms with Crippen LogP contribution in [0.25, 0.3) is 11.3 Å². The quantitative estimate of drug-likeness (QED) is 0.414. The lowest BCUT2D eigenvalue weighted by molar-refractivity contribution is 0.0526. The van der Waals surface area contributed by atoms with Crippen LogP contribution in [0.15, 0.2) is 72.8 Å². The zero-order valence-corrected chi connectivity index (χ0v) is 18.8. The number of phenols is 1. The minimum atomic E-state index is -0.516. The van der Waals surface area contributed by atoms with Gasteiger partial charge >= 0.3 is 5.97 Å². The molecule has 0 bridgehead atoms. The van der Waals surface area contributed by atoms with Crippen molar-refractivity contribution >= 4 is 17.6 Å². The highest BCUT2D eigenvalue weighted by Gasteiger charge is 2.43. The molecule has 2 heterocycles. The molecule has 1 amide bonds. The van der Waals surface area contributed by atoms with Crippen LogP contribution in [0, 0.1) is 6.92 Å². The number of aromatic amines is 1. The molecule has 1 aromatic heterocycles. The number of amides is 1. The van der Waals surface area contributed by atoms with Crippen molar-refractivity contribution in [2.75, 3.05) is 11.5 Å². The lowest BCUT2D eigenvalue weighted by Gasteiger charge is -2.26. The highest BCUT2D eigenvalue weighted by atomic mass is 16.5. The van der Waals surface area contributed by atoms with E-state index in [2.05, 4.69) is 10.2 Å². The van der Waals surface area contributed by atoms with Crippen LogP contribution in [0.4, 0.5) is 5.69 Å². The van der Waals surface area contributed by atoms with Crippen LogP contribution in [0.2, 0.25) is 0 Å². The lowest BCUT2D eigenvalue weighted by atomic mass is 9.95. The van der Waals surface area contributed by atoms with Gasteiger partial charge in [0, 0.05) is 16.8 Å². The smallest absolute Gasteiger partial charge is 0.338 e. The normalized spacial score (nSPS) is 14.8. The van der Waals surface area contributed by atoms with E-state index < -0.39 is 12.0 Å². The Morgan fingerprint density at radius 3 is 2.50 bits per heavy atom. The van der Waals surface area contributed by atoms with Gasteiger partial charge in [-0.25, -0.2) is 4.79 Å². The SMILES string of the molecule is CCOC(=O)c1ccc(N2C(=O)c3[nH]nc(-c4ccc(C)cc4)c3[C@H]2c2cccc(O)c2)cc1. The Morgan fingerprint density at radius 1 is 1.09 bits per heavy atom. The minimum Gasteiger partial charge on any atom is -0.508 e. The number of anilines is 1. The van der Waals surface area contributed by atoms with Crippen LogP contribution in [0.5, 0.6) is 5.75 Å². The van der Waals surface area contributed by atoms with E-state index in [1.807, 2.05) is 37.3 Å². The van der Waals surface area contributed by atoms with Gasteiger partial charge in [-0.15, -0.1) is 0 Å². The Morgan fingerprint density at radius 2 is 1.82 bits per heavy atom. The topological polar surface area (TPSA) is 95.5 Å². The second kappa shape index (κ2) is 8.51. The number of H-pyrrole nitrogens is 1. The highest BCUT2D eigenvalue weighted by Crippen LogP contribution is 2.45. The van der Waals surface area contributed by atoms with Crippen molar-refractivity contribution in [1.29, 1.82) is 0 Å². The molecule has 3 aromatic carbocycles. The van der Waals surface area contributed by atoms with E-state index >= 15 is 0 Å². The van der Waals surface area contributed by atoms with Gasteiger partial charge < -0.3 is 9.84 Å². The van der Waals surface area contributed by atoms with Crippen molar-refractivity contribution in [3.63, 3.8) is 0 Å². The summed E-state index contributed by atoms with van der Waals surface area (Å²) in [6, 6.07) is 21.1. The zero-order chi connectivity index (χ0) is 23.8. The van der Waals surface area contributed by atoms with Crippen LogP contribution >= 0.6 is 0 Å². The van der Waals surface area contributed by atoms with Crippen LogP contribution in [-0.2, 0) is 4.74 Å².